The molecule has 0 N–H and O–H groups in total. The first-order valence-corrected chi connectivity index (χ1v) is 12.0. The Morgan fingerprint density at radius 3 is 2.03 bits per heavy atom. The molecule has 1 saturated heterocycles. The van der Waals surface area contributed by atoms with Crippen molar-refractivity contribution in [2.45, 2.75) is 31.5 Å². The van der Waals surface area contributed by atoms with Gasteiger partial charge in [0.05, 0.1) is 25.4 Å². The molecule has 34 heavy (non-hydrogen) atoms. The monoisotopic (exact) mass is 459 g/mol. The Bertz CT molecular complexity index is 960. The van der Waals surface area contributed by atoms with E-state index in [4.69, 9.17) is 14.2 Å². The summed E-state index contributed by atoms with van der Waals surface area (Å²) in [5.41, 5.74) is 2.93. The fraction of sp³-hybridized carbons (Fsp3) is 0.345. The average Bonchev–Trinajstić information content (AvgIpc) is 2.91. The van der Waals surface area contributed by atoms with E-state index < -0.39 is 0 Å². The standard InChI is InChI=1S/C29H33NO4/c1-32-29(31)25-13-15-26(16-14-25)33-22-8-19-30-20-17-27(18-21-30)34-28(23-9-4-2-5-10-23)24-11-6-3-7-12-24/h2-7,9-16,27-28H,8,17-22H2,1H3. The Labute approximate surface area is 202 Å². The zero-order valence-corrected chi connectivity index (χ0v) is 19.8. The number of benzene rings is 3. The summed E-state index contributed by atoms with van der Waals surface area (Å²) in [6.07, 6.45) is 3.25. The maximum Gasteiger partial charge on any atom is 0.337 e. The second-order valence-corrected chi connectivity index (χ2v) is 8.60. The fourth-order valence-corrected chi connectivity index (χ4v) is 4.35. The van der Waals surface area contributed by atoms with Crippen LogP contribution in [0.5, 0.6) is 5.75 Å². The summed E-state index contributed by atoms with van der Waals surface area (Å²) in [4.78, 5) is 14.0. The Morgan fingerprint density at radius 1 is 0.882 bits per heavy atom. The summed E-state index contributed by atoms with van der Waals surface area (Å²) in [6, 6.07) is 28.1. The zero-order chi connectivity index (χ0) is 23.6. The second kappa shape index (κ2) is 12.4. The minimum absolute atomic E-state index is 0.0297. The lowest BCUT2D eigenvalue weighted by Crippen LogP contribution is -2.38. The number of carbonyl (C=O) groups is 1. The van der Waals surface area contributed by atoms with Crippen molar-refractivity contribution in [2.24, 2.45) is 0 Å². The van der Waals surface area contributed by atoms with Gasteiger partial charge in [-0.05, 0) is 54.7 Å². The van der Waals surface area contributed by atoms with E-state index in [2.05, 4.69) is 53.4 Å². The number of likely N-dealkylation sites (tertiary alicyclic amines) is 1. The van der Waals surface area contributed by atoms with Gasteiger partial charge in [-0.15, -0.1) is 0 Å². The van der Waals surface area contributed by atoms with Crippen molar-refractivity contribution in [2.75, 3.05) is 33.4 Å². The van der Waals surface area contributed by atoms with Crippen LogP contribution in [0.1, 0.15) is 46.9 Å². The number of nitrogens with zero attached hydrogens (tertiary/aromatic N) is 1. The van der Waals surface area contributed by atoms with Crippen molar-refractivity contribution in [3.8, 4) is 5.75 Å². The van der Waals surface area contributed by atoms with Gasteiger partial charge in [0, 0.05) is 19.6 Å². The lowest BCUT2D eigenvalue weighted by molar-refractivity contribution is -0.0273. The van der Waals surface area contributed by atoms with Gasteiger partial charge in [-0.2, -0.15) is 0 Å². The molecule has 0 atom stereocenters. The van der Waals surface area contributed by atoms with Gasteiger partial charge in [0.15, 0.2) is 0 Å². The lowest BCUT2D eigenvalue weighted by atomic mass is 10.00. The lowest BCUT2D eigenvalue weighted by Gasteiger charge is -2.34. The molecule has 178 valence electrons. The van der Waals surface area contributed by atoms with Gasteiger partial charge in [0.1, 0.15) is 11.9 Å². The normalized spacial score (nSPS) is 14.8. The van der Waals surface area contributed by atoms with Crippen molar-refractivity contribution >= 4 is 5.97 Å². The van der Waals surface area contributed by atoms with Crippen LogP contribution < -0.4 is 4.74 Å². The summed E-state index contributed by atoms with van der Waals surface area (Å²) in [7, 11) is 1.38. The van der Waals surface area contributed by atoms with Gasteiger partial charge in [-0.3, -0.25) is 0 Å². The van der Waals surface area contributed by atoms with Gasteiger partial charge in [0.25, 0.3) is 0 Å². The number of hydrogen-bond donors (Lipinski definition) is 0. The molecule has 5 nitrogen and oxygen atoms in total. The second-order valence-electron chi connectivity index (χ2n) is 8.60. The Kier molecular flexibility index (Phi) is 8.71. The van der Waals surface area contributed by atoms with Crippen LogP contribution in [0, 0.1) is 0 Å². The molecule has 0 bridgehead atoms. The van der Waals surface area contributed by atoms with Gasteiger partial charge in [-0.25, -0.2) is 4.79 Å². The van der Waals surface area contributed by atoms with Crippen molar-refractivity contribution < 1.29 is 19.0 Å². The third-order valence-corrected chi connectivity index (χ3v) is 6.23. The van der Waals surface area contributed by atoms with Crippen LogP contribution >= 0.6 is 0 Å². The molecule has 0 amide bonds. The molecule has 4 rings (SSSR count). The average molecular weight is 460 g/mol. The number of carbonyl (C=O) groups excluding carboxylic acids is 1. The van der Waals surface area contributed by atoms with Gasteiger partial charge >= 0.3 is 5.97 Å². The van der Waals surface area contributed by atoms with Crippen molar-refractivity contribution in [3.05, 3.63) is 102 Å². The molecule has 0 unspecified atom stereocenters. The maximum atomic E-state index is 11.5. The Balaban J connectivity index is 1.20. The van der Waals surface area contributed by atoms with Crippen LogP contribution in [0.4, 0.5) is 0 Å². The SMILES string of the molecule is COC(=O)c1ccc(OCCCN2CCC(OC(c3ccccc3)c3ccccc3)CC2)cc1. The van der Waals surface area contributed by atoms with E-state index in [1.165, 1.54) is 18.2 Å². The van der Waals surface area contributed by atoms with Crippen LogP contribution in [0.3, 0.4) is 0 Å². The van der Waals surface area contributed by atoms with Crippen LogP contribution in [0.25, 0.3) is 0 Å². The molecule has 3 aromatic rings. The first-order chi connectivity index (χ1) is 16.7. The summed E-state index contributed by atoms with van der Waals surface area (Å²) in [5.74, 6) is 0.436. The molecular weight excluding hydrogens is 426 g/mol. The maximum absolute atomic E-state index is 11.5. The van der Waals surface area contributed by atoms with E-state index in [1.54, 1.807) is 12.1 Å². The summed E-state index contributed by atoms with van der Waals surface area (Å²) < 4.78 is 17.2. The molecule has 0 aliphatic carbocycles. The first-order valence-electron chi connectivity index (χ1n) is 12.0. The van der Waals surface area contributed by atoms with E-state index in [1.807, 2.05) is 24.3 Å². The number of esters is 1. The molecule has 0 saturated carbocycles. The third kappa shape index (κ3) is 6.69. The number of ether oxygens (including phenoxy) is 3. The van der Waals surface area contributed by atoms with Crippen molar-refractivity contribution in [3.63, 3.8) is 0 Å². The molecule has 3 aromatic carbocycles. The smallest absolute Gasteiger partial charge is 0.337 e. The topological polar surface area (TPSA) is 48.0 Å². The highest BCUT2D eigenvalue weighted by atomic mass is 16.5. The number of rotatable bonds is 10. The van der Waals surface area contributed by atoms with Gasteiger partial charge in [0.2, 0.25) is 0 Å². The molecule has 1 aliphatic rings. The van der Waals surface area contributed by atoms with Crippen LogP contribution in [0.15, 0.2) is 84.9 Å². The van der Waals surface area contributed by atoms with E-state index in [-0.39, 0.29) is 18.2 Å². The Hall–Kier alpha value is -3.15. The zero-order valence-electron chi connectivity index (χ0n) is 19.8. The number of piperidine rings is 1. The Morgan fingerprint density at radius 2 is 1.47 bits per heavy atom. The quantitative estimate of drug-likeness (QED) is 0.295. The predicted octanol–water partition coefficient (Wildman–Crippen LogP) is 5.51. The number of hydrogen-bond acceptors (Lipinski definition) is 5. The summed E-state index contributed by atoms with van der Waals surface area (Å²) in [6.45, 7) is 3.73. The summed E-state index contributed by atoms with van der Waals surface area (Å²) in [5, 5.41) is 0. The fourth-order valence-electron chi connectivity index (χ4n) is 4.35. The van der Waals surface area contributed by atoms with Crippen LogP contribution in [0.2, 0.25) is 0 Å². The molecule has 1 fully saturated rings. The predicted molar refractivity (Wildman–Crippen MR) is 133 cm³/mol. The van der Waals surface area contributed by atoms with Crippen LogP contribution in [-0.4, -0.2) is 50.3 Å². The van der Waals surface area contributed by atoms with E-state index >= 15 is 0 Å². The van der Waals surface area contributed by atoms with Crippen molar-refractivity contribution in [1.82, 2.24) is 4.90 Å². The molecule has 0 aromatic heterocycles. The van der Waals surface area contributed by atoms with E-state index in [9.17, 15) is 4.79 Å². The van der Waals surface area contributed by atoms with Crippen LogP contribution in [-0.2, 0) is 9.47 Å². The molecule has 1 heterocycles. The molecule has 5 heteroatoms. The van der Waals surface area contributed by atoms with Gasteiger partial charge in [-0.1, -0.05) is 60.7 Å². The first kappa shape index (κ1) is 24.0. The molecule has 0 radical (unpaired) electrons. The minimum Gasteiger partial charge on any atom is -0.494 e. The minimum atomic E-state index is -0.335. The largest absolute Gasteiger partial charge is 0.494 e. The summed E-state index contributed by atoms with van der Waals surface area (Å²) >= 11 is 0. The highest BCUT2D eigenvalue weighted by molar-refractivity contribution is 5.89. The van der Waals surface area contributed by atoms with Gasteiger partial charge < -0.3 is 19.1 Å². The highest BCUT2D eigenvalue weighted by Gasteiger charge is 2.24. The number of methoxy groups -OCH3 is 1. The van der Waals surface area contributed by atoms with E-state index in [0.717, 1.165) is 44.6 Å². The highest BCUT2D eigenvalue weighted by Crippen LogP contribution is 2.30. The van der Waals surface area contributed by atoms with Crippen molar-refractivity contribution in [1.29, 1.82) is 0 Å². The molecular formula is C29H33NO4. The molecule has 1 aliphatic heterocycles. The van der Waals surface area contributed by atoms with E-state index in [0.29, 0.717) is 12.2 Å². The third-order valence-electron chi connectivity index (χ3n) is 6.23. The molecule has 0 spiro atoms.